The van der Waals surface area contributed by atoms with Gasteiger partial charge in [0.15, 0.2) is 0 Å². The third-order valence-corrected chi connectivity index (χ3v) is 1.41. The standard InChI is InChI=1S/C7H12F4N2O.ClH/c1-2-12-3-4-13-6(14)7(10,11)5(8)9;/h5,12H,2-4H2,1H3,(H,13,14);1H. The molecule has 8 heteroatoms. The van der Waals surface area contributed by atoms with Crippen molar-refractivity contribution in [2.24, 2.45) is 0 Å². The Morgan fingerprint density at radius 3 is 2.27 bits per heavy atom. The van der Waals surface area contributed by atoms with Crippen LogP contribution >= 0.6 is 12.4 Å². The number of hydrogen-bond donors (Lipinski definition) is 2. The number of hydrogen-bond acceptors (Lipinski definition) is 2. The van der Waals surface area contributed by atoms with E-state index < -0.39 is 18.3 Å². The third-order valence-electron chi connectivity index (χ3n) is 1.41. The van der Waals surface area contributed by atoms with Gasteiger partial charge in [0.1, 0.15) is 0 Å². The maximum atomic E-state index is 12.3. The average molecular weight is 253 g/mol. The predicted molar refractivity (Wildman–Crippen MR) is 49.8 cm³/mol. The fourth-order valence-electron chi connectivity index (χ4n) is 0.658. The first kappa shape index (κ1) is 16.9. The zero-order valence-electron chi connectivity index (χ0n) is 8.03. The Bertz CT molecular complexity index is 192. The number of halogens is 5. The van der Waals surface area contributed by atoms with Crippen molar-refractivity contribution < 1.29 is 22.4 Å². The molecule has 0 aliphatic rings. The van der Waals surface area contributed by atoms with Crippen molar-refractivity contribution in [3.63, 3.8) is 0 Å². The van der Waals surface area contributed by atoms with Gasteiger partial charge >= 0.3 is 12.3 Å². The molecule has 0 spiro atoms. The highest BCUT2D eigenvalue weighted by atomic mass is 35.5. The minimum Gasteiger partial charge on any atom is -0.349 e. The minimum atomic E-state index is -4.60. The smallest absolute Gasteiger partial charge is 0.349 e. The summed E-state index contributed by atoms with van der Waals surface area (Å²) >= 11 is 0. The number of likely N-dealkylation sites (N-methyl/N-ethyl adjacent to an activating group) is 1. The van der Waals surface area contributed by atoms with Crippen LogP contribution in [0.5, 0.6) is 0 Å². The normalized spacial score (nSPS) is 11.1. The van der Waals surface area contributed by atoms with Crippen LogP contribution < -0.4 is 10.6 Å². The molecule has 0 bridgehead atoms. The third kappa shape index (κ3) is 5.78. The number of carbonyl (C=O) groups is 1. The van der Waals surface area contributed by atoms with Crippen LogP contribution in [0.15, 0.2) is 0 Å². The molecule has 0 aliphatic heterocycles. The molecule has 0 fully saturated rings. The van der Waals surface area contributed by atoms with Crippen molar-refractivity contribution in [3.05, 3.63) is 0 Å². The van der Waals surface area contributed by atoms with Crippen LogP contribution in [0.25, 0.3) is 0 Å². The quantitative estimate of drug-likeness (QED) is 0.548. The van der Waals surface area contributed by atoms with Crippen molar-refractivity contribution in [3.8, 4) is 0 Å². The Balaban J connectivity index is 0. The van der Waals surface area contributed by atoms with Gasteiger partial charge in [-0.05, 0) is 6.54 Å². The molecule has 92 valence electrons. The molecule has 1 amide bonds. The fraction of sp³-hybridized carbons (Fsp3) is 0.857. The molecule has 0 aromatic heterocycles. The van der Waals surface area contributed by atoms with E-state index in [9.17, 15) is 22.4 Å². The molecule has 0 atom stereocenters. The molecule has 0 aromatic carbocycles. The molecular weight excluding hydrogens is 240 g/mol. The van der Waals surface area contributed by atoms with Gasteiger partial charge in [-0.15, -0.1) is 12.4 Å². The summed E-state index contributed by atoms with van der Waals surface area (Å²) < 4.78 is 47.8. The lowest BCUT2D eigenvalue weighted by atomic mass is 10.3. The van der Waals surface area contributed by atoms with E-state index in [-0.39, 0.29) is 25.5 Å². The summed E-state index contributed by atoms with van der Waals surface area (Å²) in [5.74, 6) is -6.54. The highest BCUT2D eigenvalue weighted by Gasteiger charge is 2.48. The molecule has 0 aliphatic carbocycles. The molecule has 15 heavy (non-hydrogen) atoms. The fourth-order valence-corrected chi connectivity index (χ4v) is 0.658. The molecule has 0 saturated heterocycles. The molecule has 2 N–H and O–H groups in total. The Labute approximate surface area is 91.0 Å². The summed E-state index contributed by atoms with van der Waals surface area (Å²) in [6, 6.07) is 0. The van der Waals surface area contributed by atoms with E-state index in [1.807, 2.05) is 0 Å². The second-order valence-corrected chi connectivity index (χ2v) is 2.53. The molecule has 3 nitrogen and oxygen atoms in total. The molecule has 0 radical (unpaired) electrons. The van der Waals surface area contributed by atoms with Gasteiger partial charge in [0.05, 0.1) is 0 Å². The van der Waals surface area contributed by atoms with Crippen molar-refractivity contribution in [2.75, 3.05) is 19.6 Å². The minimum absolute atomic E-state index is 0. The second-order valence-electron chi connectivity index (χ2n) is 2.53. The maximum absolute atomic E-state index is 12.3. The summed E-state index contributed by atoms with van der Waals surface area (Å²) in [7, 11) is 0. The van der Waals surface area contributed by atoms with Gasteiger partial charge in [0.25, 0.3) is 5.91 Å². The van der Waals surface area contributed by atoms with Crippen molar-refractivity contribution >= 4 is 18.3 Å². The average Bonchev–Trinajstić information content (AvgIpc) is 2.11. The van der Waals surface area contributed by atoms with E-state index in [0.29, 0.717) is 6.54 Å². The number of rotatable bonds is 6. The first-order chi connectivity index (χ1) is 6.42. The zero-order valence-corrected chi connectivity index (χ0v) is 8.84. The van der Waals surface area contributed by atoms with E-state index in [0.717, 1.165) is 0 Å². The summed E-state index contributed by atoms with van der Waals surface area (Å²) in [4.78, 5) is 10.5. The van der Waals surface area contributed by atoms with Gasteiger partial charge in [-0.1, -0.05) is 6.92 Å². The van der Waals surface area contributed by atoms with Crippen LogP contribution in [0.2, 0.25) is 0 Å². The van der Waals surface area contributed by atoms with E-state index >= 15 is 0 Å². The number of carbonyl (C=O) groups excluding carboxylic acids is 1. The topological polar surface area (TPSA) is 41.1 Å². The van der Waals surface area contributed by atoms with Crippen LogP contribution in [0.4, 0.5) is 17.6 Å². The van der Waals surface area contributed by atoms with Gasteiger partial charge < -0.3 is 10.6 Å². The summed E-state index contributed by atoms with van der Waals surface area (Å²) in [6.45, 7) is 2.56. The second kappa shape index (κ2) is 7.70. The van der Waals surface area contributed by atoms with Crippen molar-refractivity contribution in [1.29, 1.82) is 0 Å². The van der Waals surface area contributed by atoms with Gasteiger partial charge in [-0.3, -0.25) is 4.79 Å². The van der Waals surface area contributed by atoms with Gasteiger partial charge in [0.2, 0.25) is 0 Å². The van der Waals surface area contributed by atoms with E-state index in [1.54, 1.807) is 12.2 Å². The van der Waals surface area contributed by atoms with Crippen LogP contribution in [0, 0.1) is 0 Å². The summed E-state index contributed by atoms with van der Waals surface area (Å²) in [5, 5.41) is 4.44. The lowest BCUT2D eigenvalue weighted by Crippen LogP contribution is -2.46. The Hall–Kier alpha value is -0.560. The van der Waals surface area contributed by atoms with E-state index in [2.05, 4.69) is 5.32 Å². The zero-order chi connectivity index (χ0) is 11.2. The van der Waals surface area contributed by atoms with Crippen LogP contribution in [0.3, 0.4) is 0 Å². The monoisotopic (exact) mass is 252 g/mol. The lowest BCUT2D eigenvalue weighted by Gasteiger charge is -2.14. The van der Waals surface area contributed by atoms with E-state index in [4.69, 9.17) is 0 Å². The SMILES string of the molecule is CCNCCNC(=O)C(F)(F)C(F)F.Cl. The Morgan fingerprint density at radius 2 is 1.87 bits per heavy atom. The number of nitrogens with one attached hydrogen (secondary N) is 2. The molecule has 0 unspecified atom stereocenters. The first-order valence-electron chi connectivity index (χ1n) is 4.07. The largest absolute Gasteiger partial charge is 0.383 e. The summed E-state index contributed by atoms with van der Waals surface area (Å²) in [6.07, 6.45) is -3.97. The highest BCUT2D eigenvalue weighted by Crippen LogP contribution is 2.22. The van der Waals surface area contributed by atoms with Crippen molar-refractivity contribution in [2.45, 2.75) is 19.3 Å². The molecule has 0 aromatic rings. The van der Waals surface area contributed by atoms with Crippen LogP contribution in [-0.4, -0.2) is 37.9 Å². The Kier molecular flexibility index (Phi) is 8.65. The van der Waals surface area contributed by atoms with Gasteiger partial charge in [-0.2, -0.15) is 8.78 Å². The van der Waals surface area contributed by atoms with Gasteiger partial charge in [-0.25, -0.2) is 8.78 Å². The molecular formula is C7H13ClF4N2O. The summed E-state index contributed by atoms with van der Waals surface area (Å²) in [5.41, 5.74) is 0. The maximum Gasteiger partial charge on any atom is 0.383 e. The predicted octanol–water partition coefficient (Wildman–Crippen LogP) is 1.03. The van der Waals surface area contributed by atoms with Crippen molar-refractivity contribution in [1.82, 2.24) is 10.6 Å². The lowest BCUT2D eigenvalue weighted by molar-refractivity contribution is -0.169. The first-order valence-corrected chi connectivity index (χ1v) is 4.07. The molecule has 0 saturated carbocycles. The number of alkyl halides is 4. The highest BCUT2D eigenvalue weighted by molar-refractivity contribution is 5.85. The van der Waals surface area contributed by atoms with E-state index in [1.165, 1.54) is 0 Å². The van der Waals surface area contributed by atoms with Crippen LogP contribution in [0.1, 0.15) is 6.92 Å². The molecule has 0 rings (SSSR count). The van der Waals surface area contributed by atoms with Gasteiger partial charge in [0, 0.05) is 13.1 Å². The number of amides is 1. The molecule has 0 heterocycles. The Morgan fingerprint density at radius 1 is 1.33 bits per heavy atom. The van der Waals surface area contributed by atoms with Crippen LogP contribution in [-0.2, 0) is 4.79 Å².